The van der Waals surface area contributed by atoms with Gasteiger partial charge in [-0.3, -0.25) is 4.79 Å². The van der Waals surface area contributed by atoms with Gasteiger partial charge in [0.1, 0.15) is 12.4 Å². The van der Waals surface area contributed by atoms with Gasteiger partial charge in [-0.2, -0.15) is 0 Å². The molecule has 0 spiro atoms. The van der Waals surface area contributed by atoms with E-state index in [0.717, 1.165) is 51.4 Å². The van der Waals surface area contributed by atoms with E-state index in [4.69, 9.17) is 9.47 Å². The molecule has 6 nitrogen and oxygen atoms in total. The molecule has 1 aromatic rings. The Hall–Kier alpha value is -3.38. The molecule has 2 N–H and O–H groups in total. The van der Waals surface area contributed by atoms with E-state index < -0.39 is 18.0 Å². The van der Waals surface area contributed by atoms with E-state index in [2.05, 4.69) is 73.0 Å². The van der Waals surface area contributed by atoms with Gasteiger partial charge in [0, 0.05) is 6.61 Å². The Bertz CT molecular complexity index is 945. The van der Waals surface area contributed by atoms with Crippen LogP contribution in [-0.2, 0) is 14.3 Å². The van der Waals surface area contributed by atoms with Crippen molar-refractivity contribution in [2.45, 2.75) is 77.7 Å². The van der Waals surface area contributed by atoms with E-state index in [0.29, 0.717) is 13.0 Å². The number of aromatic hydroxyl groups is 1. The van der Waals surface area contributed by atoms with Crippen molar-refractivity contribution in [3.05, 3.63) is 90.6 Å². The fourth-order valence-corrected chi connectivity index (χ4v) is 3.48. The predicted molar refractivity (Wildman–Crippen MR) is 160 cm³/mol. The first-order chi connectivity index (χ1) is 19.1. The average molecular weight is 538 g/mol. The molecule has 1 aromatic carbocycles. The Labute approximate surface area is 235 Å². The molecule has 0 heterocycles. The third kappa shape index (κ3) is 17.7. The number of benzene rings is 1. The minimum Gasteiger partial charge on any atom is -0.507 e. The fourth-order valence-electron chi connectivity index (χ4n) is 3.48. The molecule has 0 saturated heterocycles. The van der Waals surface area contributed by atoms with Crippen LogP contribution < -0.4 is 5.32 Å². The summed E-state index contributed by atoms with van der Waals surface area (Å²) >= 11 is 0. The van der Waals surface area contributed by atoms with Gasteiger partial charge in [-0.05, 0) is 69.9 Å². The summed E-state index contributed by atoms with van der Waals surface area (Å²) in [7, 11) is 0. The number of carbonyl (C=O) groups excluding carboxylic acids is 2. The molecule has 1 rings (SSSR count). The normalized spacial score (nSPS) is 12.9. The highest BCUT2D eigenvalue weighted by Gasteiger charge is 2.18. The van der Waals surface area contributed by atoms with Gasteiger partial charge in [0.05, 0.1) is 12.1 Å². The van der Waals surface area contributed by atoms with E-state index in [1.54, 1.807) is 12.1 Å². The number of esters is 1. The van der Waals surface area contributed by atoms with Crippen molar-refractivity contribution in [3.8, 4) is 5.75 Å². The second-order valence-electron chi connectivity index (χ2n) is 8.91. The van der Waals surface area contributed by atoms with E-state index >= 15 is 0 Å². The van der Waals surface area contributed by atoms with Crippen molar-refractivity contribution in [2.24, 2.45) is 0 Å². The number of hydrogen-bond acceptors (Lipinski definition) is 5. The van der Waals surface area contributed by atoms with E-state index in [9.17, 15) is 14.7 Å². The van der Waals surface area contributed by atoms with Crippen molar-refractivity contribution in [3.63, 3.8) is 0 Å². The molecule has 0 aliphatic heterocycles. The van der Waals surface area contributed by atoms with Crippen LogP contribution in [0.25, 0.3) is 0 Å². The number of allylic oxidation sites excluding steroid dienone is 10. The largest absolute Gasteiger partial charge is 0.507 e. The van der Waals surface area contributed by atoms with E-state index in [-0.39, 0.29) is 24.5 Å². The Balaban J connectivity index is 2.05. The number of carbonyl (C=O) groups is 2. The zero-order chi connectivity index (χ0) is 28.4. The summed E-state index contributed by atoms with van der Waals surface area (Å²) in [5, 5.41) is 12.3. The van der Waals surface area contributed by atoms with Crippen molar-refractivity contribution < 1.29 is 24.2 Å². The fraction of sp³-hybridized carbons (Fsp3) is 0.455. The second-order valence-corrected chi connectivity index (χ2v) is 8.91. The number of unbranched alkanes of at least 4 members (excludes halogenated alkanes) is 2. The maximum absolute atomic E-state index is 12.2. The van der Waals surface area contributed by atoms with Gasteiger partial charge >= 0.3 is 5.97 Å². The highest BCUT2D eigenvalue weighted by atomic mass is 16.6. The van der Waals surface area contributed by atoms with Gasteiger partial charge in [0.15, 0.2) is 6.10 Å². The van der Waals surface area contributed by atoms with Crippen LogP contribution in [0.1, 0.15) is 82.0 Å². The minimum atomic E-state index is -0.604. The average Bonchev–Trinajstić information content (AvgIpc) is 2.94. The SMILES string of the molecule is CCC=CCC=CCC=CCC=CCC=CCCCCO[C@H](CC)C(=O)OCCNC(=O)c1ccccc1O. The number of rotatable bonds is 21. The number of amides is 1. The summed E-state index contributed by atoms with van der Waals surface area (Å²) in [5.41, 5.74) is 0.183. The number of phenols is 1. The van der Waals surface area contributed by atoms with Crippen molar-refractivity contribution in [1.29, 1.82) is 0 Å². The lowest BCUT2D eigenvalue weighted by Crippen LogP contribution is -2.31. The highest BCUT2D eigenvalue weighted by molar-refractivity contribution is 5.96. The molecule has 0 bridgehead atoms. The molecule has 39 heavy (non-hydrogen) atoms. The number of ether oxygens (including phenoxy) is 2. The molecule has 0 radical (unpaired) electrons. The molecule has 6 heteroatoms. The molecule has 214 valence electrons. The summed E-state index contributed by atoms with van der Waals surface area (Å²) in [6.45, 7) is 4.72. The molecule has 0 aromatic heterocycles. The summed E-state index contributed by atoms with van der Waals surface area (Å²) in [6.07, 6.45) is 29.7. The van der Waals surface area contributed by atoms with Crippen LogP contribution in [0.4, 0.5) is 0 Å². The zero-order valence-corrected chi connectivity index (χ0v) is 23.7. The molecule has 0 saturated carbocycles. The minimum absolute atomic E-state index is 0.0438. The third-order valence-electron chi connectivity index (χ3n) is 5.66. The first kappa shape index (κ1) is 33.6. The van der Waals surface area contributed by atoms with Crippen LogP contribution in [0.3, 0.4) is 0 Å². The van der Waals surface area contributed by atoms with Gasteiger partial charge in [0.2, 0.25) is 0 Å². The van der Waals surface area contributed by atoms with Crippen LogP contribution in [-0.4, -0.2) is 42.8 Å². The topological polar surface area (TPSA) is 84.9 Å². The number of hydrogen-bond donors (Lipinski definition) is 2. The van der Waals surface area contributed by atoms with Crippen molar-refractivity contribution in [2.75, 3.05) is 19.8 Å². The second kappa shape index (κ2) is 23.7. The van der Waals surface area contributed by atoms with Crippen molar-refractivity contribution >= 4 is 11.9 Å². The van der Waals surface area contributed by atoms with E-state index in [1.165, 1.54) is 12.1 Å². The first-order valence-corrected chi connectivity index (χ1v) is 14.2. The third-order valence-corrected chi connectivity index (χ3v) is 5.66. The Morgan fingerprint density at radius 2 is 1.41 bits per heavy atom. The molecule has 1 atom stereocenters. The Morgan fingerprint density at radius 1 is 0.821 bits per heavy atom. The van der Waals surface area contributed by atoms with Crippen LogP contribution in [0.15, 0.2) is 85.0 Å². The van der Waals surface area contributed by atoms with Crippen LogP contribution in [0.5, 0.6) is 5.75 Å². The Kier molecular flexibility index (Phi) is 20.5. The van der Waals surface area contributed by atoms with Gasteiger partial charge in [-0.25, -0.2) is 4.79 Å². The van der Waals surface area contributed by atoms with Crippen LogP contribution in [0.2, 0.25) is 0 Å². The molecule has 0 unspecified atom stereocenters. The first-order valence-electron chi connectivity index (χ1n) is 14.2. The van der Waals surface area contributed by atoms with Gasteiger partial charge in [-0.15, -0.1) is 0 Å². The summed E-state index contributed by atoms with van der Waals surface area (Å²) < 4.78 is 10.9. The van der Waals surface area contributed by atoms with Gasteiger partial charge in [0.25, 0.3) is 5.91 Å². The van der Waals surface area contributed by atoms with Gasteiger partial charge in [-0.1, -0.05) is 86.7 Å². The lowest BCUT2D eigenvalue weighted by Gasteiger charge is -2.15. The number of nitrogens with one attached hydrogen (secondary N) is 1. The molecular weight excluding hydrogens is 490 g/mol. The van der Waals surface area contributed by atoms with Gasteiger partial charge < -0.3 is 19.9 Å². The van der Waals surface area contributed by atoms with Crippen LogP contribution >= 0.6 is 0 Å². The molecule has 0 fully saturated rings. The lowest BCUT2D eigenvalue weighted by molar-refractivity contribution is -0.157. The molecule has 1 amide bonds. The summed E-state index contributed by atoms with van der Waals surface area (Å²) in [4.78, 5) is 24.3. The number of para-hydroxylation sites is 1. The van der Waals surface area contributed by atoms with Crippen molar-refractivity contribution in [1.82, 2.24) is 5.32 Å². The maximum Gasteiger partial charge on any atom is 0.335 e. The monoisotopic (exact) mass is 537 g/mol. The smallest absolute Gasteiger partial charge is 0.335 e. The maximum atomic E-state index is 12.2. The van der Waals surface area contributed by atoms with Crippen LogP contribution in [0, 0.1) is 0 Å². The lowest BCUT2D eigenvalue weighted by atomic mass is 10.2. The predicted octanol–water partition coefficient (Wildman–Crippen LogP) is 7.38. The summed E-state index contributed by atoms with van der Waals surface area (Å²) in [5.74, 6) is -0.931. The quantitative estimate of drug-likeness (QED) is 0.0971. The summed E-state index contributed by atoms with van der Waals surface area (Å²) in [6, 6.07) is 6.28. The Morgan fingerprint density at radius 3 is 2.00 bits per heavy atom. The standard InChI is InChI=1S/C33H47NO5/c1-3-5-6-7-8-9-10-11-12-13-14-15-16-17-18-19-20-23-27-38-31(4-2)33(37)39-28-26-34-32(36)29-24-21-22-25-30(29)35/h5-6,8-9,11-12,14-15,17-18,21-22,24-25,31,35H,3-4,7,10,13,16,19-20,23,26-28H2,1-2H3,(H,34,36)/t31-/m1/s1. The molecular formula is C33H47NO5. The molecule has 0 aliphatic carbocycles. The molecule has 0 aliphatic rings. The highest BCUT2D eigenvalue weighted by Crippen LogP contribution is 2.14. The number of phenolic OH excluding ortho intramolecular Hbond substituents is 1. The zero-order valence-electron chi connectivity index (χ0n) is 23.7. The van der Waals surface area contributed by atoms with E-state index in [1.807, 2.05) is 6.92 Å².